The summed E-state index contributed by atoms with van der Waals surface area (Å²) in [6.07, 6.45) is 0. The molecule has 1 fully saturated rings. The monoisotopic (exact) mass is 437 g/mol. The van der Waals surface area contributed by atoms with Gasteiger partial charge in [-0.15, -0.1) is 0 Å². The Balaban J connectivity index is 1.91. The fourth-order valence-electron chi connectivity index (χ4n) is 3.41. The summed E-state index contributed by atoms with van der Waals surface area (Å²) in [4.78, 5) is 4.38. The molecule has 3 rings (SSSR count). The number of hydrogen-bond acceptors (Lipinski definition) is 3. The first-order valence-corrected chi connectivity index (χ1v) is 10.9. The van der Waals surface area contributed by atoms with Crippen molar-refractivity contribution in [2.45, 2.75) is 65.1 Å². The van der Waals surface area contributed by atoms with Gasteiger partial charge in [0.15, 0.2) is 5.84 Å². The lowest BCUT2D eigenvalue weighted by molar-refractivity contribution is 0.00578. The molecule has 2 aromatic carbocycles. The van der Waals surface area contributed by atoms with Gasteiger partial charge in [-0.2, -0.15) is 0 Å². The topological polar surface area (TPSA) is 66.7 Å². The van der Waals surface area contributed by atoms with Crippen LogP contribution in [0.2, 0.25) is 0 Å². The third-order valence-corrected chi connectivity index (χ3v) is 6.26. The molecule has 0 amide bonds. The van der Waals surface area contributed by atoms with Crippen molar-refractivity contribution >= 4 is 24.3 Å². The van der Waals surface area contributed by atoms with Crippen molar-refractivity contribution in [3.05, 3.63) is 65.0 Å². The highest BCUT2D eigenvalue weighted by Crippen LogP contribution is 2.36. The van der Waals surface area contributed by atoms with E-state index in [2.05, 4.69) is 31.1 Å². The summed E-state index contributed by atoms with van der Waals surface area (Å²) in [5, 5.41) is 11.4. The van der Waals surface area contributed by atoms with Crippen molar-refractivity contribution in [1.82, 2.24) is 5.32 Å². The average Bonchev–Trinajstić information content (AvgIpc) is 2.93. The molecule has 2 N–H and O–H groups in total. The predicted octanol–water partition coefficient (Wildman–Crippen LogP) is 4.41. The number of rotatable bonds is 3. The van der Waals surface area contributed by atoms with Crippen LogP contribution >= 0.6 is 0 Å². The summed E-state index contributed by atoms with van der Waals surface area (Å²) in [5.74, 6) is -0.116. The van der Waals surface area contributed by atoms with Gasteiger partial charge in [-0.25, -0.2) is 9.38 Å². The van der Waals surface area contributed by atoms with Crippen molar-refractivity contribution in [2.24, 2.45) is 4.99 Å². The maximum absolute atomic E-state index is 14.8. The smallest absolute Gasteiger partial charge is 0.399 e. The SMILES string of the molecule is CN/C(=N\C(=N)c1ccc(C(C)(C)C)cc1)c1cc(B2OC(C)(C)C(C)(C)O2)ccc1F. The van der Waals surface area contributed by atoms with E-state index in [1.54, 1.807) is 19.2 Å². The first-order chi connectivity index (χ1) is 14.7. The zero-order chi connectivity index (χ0) is 23.9. The Hall–Kier alpha value is -2.51. The molecule has 0 aliphatic carbocycles. The van der Waals surface area contributed by atoms with Crippen LogP contribution in [0.1, 0.15) is 65.2 Å². The molecule has 0 unspecified atom stereocenters. The quantitative estimate of drug-likeness (QED) is 0.425. The minimum atomic E-state index is -0.609. The number of amidine groups is 2. The number of benzene rings is 2. The molecular weight excluding hydrogens is 404 g/mol. The summed E-state index contributed by atoms with van der Waals surface area (Å²) in [6, 6.07) is 12.4. The Morgan fingerprint density at radius 2 is 1.56 bits per heavy atom. The molecule has 0 aromatic heterocycles. The molecule has 0 spiro atoms. The van der Waals surface area contributed by atoms with Gasteiger partial charge in [-0.05, 0) is 56.3 Å². The number of halogens is 1. The molecule has 170 valence electrons. The van der Waals surface area contributed by atoms with E-state index in [1.807, 2.05) is 52.0 Å². The summed E-state index contributed by atoms with van der Waals surface area (Å²) >= 11 is 0. The largest absolute Gasteiger partial charge is 0.494 e. The van der Waals surface area contributed by atoms with Crippen molar-refractivity contribution < 1.29 is 13.7 Å². The molecule has 32 heavy (non-hydrogen) atoms. The molecule has 0 radical (unpaired) electrons. The van der Waals surface area contributed by atoms with E-state index in [-0.39, 0.29) is 22.6 Å². The minimum absolute atomic E-state index is 0.0250. The van der Waals surface area contributed by atoms with Crippen molar-refractivity contribution in [2.75, 3.05) is 7.05 Å². The number of hydrogen-bond donors (Lipinski definition) is 2. The molecule has 0 atom stereocenters. The summed E-state index contributed by atoms with van der Waals surface area (Å²) in [7, 11) is 1.05. The Bertz CT molecular complexity index is 1020. The van der Waals surface area contributed by atoms with Crippen molar-refractivity contribution in [3.63, 3.8) is 0 Å². The minimum Gasteiger partial charge on any atom is -0.399 e. The van der Waals surface area contributed by atoms with E-state index in [4.69, 9.17) is 14.7 Å². The Morgan fingerprint density at radius 3 is 2.06 bits per heavy atom. The van der Waals surface area contributed by atoms with E-state index < -0.39 is 24.1 Å². The lowest BCUT2D eigenvalue weighted by atomic mass is 9.78. The number of nitrogens with one attached hydrogen (secondary N) is 2. The molecule has 0 bridgehead atoms. The van der Waals surface area contributed by atoms with Crippen LogP contribution in [0.15, 0.2) is 47.5 Å². The van der Waals surface area contributed by atoms with Gasteiger partial charge in [-0.1, -0.05) is 51.1 Å². The maximum Gasteiger partial charge on any atom is 0.494 e. The lowest BCUT2D eigenvalue weighted by Crippen LogP contribution is -2.41. The van der Waals surface area contributed by atoms with Crippen LogP contribution in [0.25, 0.3) is 0 Å². The van der Waals surface area contributed by atoms with Crippen LogP contribution in [0, 0.1) is 11.2 Å². The number of aliphatic imine (C=N–C) groups is 1. The number of nitrogens with zero attached hydrogens (tertiary/aromatic N) is 1. The third-order valence-electron chi connectivity index (χ3n) is 6.26. The van der Waals surface area contributed by atoms with Gasteiger partial charge >= 0.3 is 7.12 Å². The van der Waals surface area contributed by atoms with Crippen LogP contribution in [-0.4, -0.2) is 37.0 Å². The molecule has 2 aromatic rings. The second kappa shape index (κ2) is 8.45. The first kappa shape index (κ1) is 24.1. The molecule has 7 heteroatoms. The van der Waals surface area contributed by atoms with Crippen molar-refractivity contribution in [3.8, 4) is 0 Å². The Morgan fingerprint density at radius 1 is 1.00 bits per heavy atom. The van der Waals surface area contributed by atoms with Gasteiger partial charge in [0.2, 0.25) is 0 Å². The van der Waals surface area contributed by atoms with Gasteiger partial charge in [0, 0.05) is 12.6 Å². The van der Waals surface area contributed by atoms with E-state index >= 15 is 0 Å². The molecule has 1 aliphatic rings. The normalized spacial score (nSPS) is 18.0. The molecule has 5 nitrogen and oxygen atoms in total. The fraction of sp³-hybridized carbons (Fsp3) is 0.440. The van der Waals surface area contributed by atoms with Crippen LogP contribution in [0.5, 0.6) is 0 Å². The van der Waals surface area contributed by atoms with Gasteiger partial charge in [0.05, 0.1) is 16.8 Å². The van der Waals surface area contributed by atoms with Crippen LogP contribution < -0.4 is 10.8 Å². The second-order valence-electron chi connectivity index (χ2n) is 10.2. The van der Waals surface area contributed by atoms with Gasteiger partial charge < -0.3 is 14.6 Å². The molecule has 0 saturated carbocycles. The summed E-state index contributed by atoms with van der Waals surface area (Å²) in [5.41, 5.74) is 1.83. The predicted molar refractivity (Wildman–Crippen MR) is 130 cm³/mol. The highest BCUT2D eigenvalue weighted by atomic mass is 19.1. The highest BCUT2D eigenvalue weighted by Gasteiger charge is 2.51. The van der Waals surface area contributed by atoms with E-state index in [9.17, 15) is 4.39 Å². The zero-order valence-electron chi connectivity index (χ0n) is 20.3. The summed E-state index contributed by atoms with van der Waals surface area (Å²) < 4.78 is 27.0. The Labute approximate surface area is 191 Å². The van der Waals surface area contributed by atoms with Crippen molar-refractivity contribution in [1.29, 1.82) is 5.41 Å². The van der Waals surface area contributed by atoms with Crippen LogP contribution in [0.4, 0.5) is 4.39 Å². The third kappa shape index (κ3) is 4.79. The average molecular weight is 437 g/mol. The second-order valence-corrected chi connectivity index (χ2v) is 10.2. The first-order valence-electron chi connectivity index (χ1n) is 10.9. The van der Waals surface area contributed by atoms with E-state index in [1.165, 1.54) is 11.6 Å². The maximum atomic E-state index is 14.8. The summed E-state index contributed by atoms with van der Waals surface area (Å²) in [6.45, 7) is 14.3. The van der Waals surface area contributed by atoms with Gasteiger partial charge in [-0.3, -0.25) is 5.41 Å². The highest BCUT2D eigenvalue weighted by molar-refractivity contribution is 6.62. The molecule has 1 heterocycles. The van der Waals surface area contributed by atoms with Gasteiger partial charge in [0.25, 0.3) is 0 Å². The van der Waals surface area contributed by atoms with E-state index in [0.29, 0.717) is 11.0 Å². The fourth-order valence-corrected chi connectivity index (χ4v) is 3.41. The molecular formula is C25H33BFN3O2. The van der Waals surface area contributed by atoms with Crippen LogP contribution in [-0.2, 0) is 14.7 Å². The zero-order valence-corrected chi connectivity index (χ0v) is 20.3. The molecule has 1 aliphatic heterocycles. The van der Waals surface area contributed by atoms with E-state index in [0.717, 1.165) is 0 Å². The van der Waals surface area contributed by atoms with Gasteiger partial charge in [0.1, 0.15) is 11.7 Å². The molecule has 1 saturated heterocycles. The van der Waals surface area contributed by atoms with Crippen LogP contribution in [0.3, 0.4) is 0 Å². The Kier molecular flexibility index (Phi) is 6.37. The standard InChI is InChI=1S/C25H33BFN3O2/c1-23(2,3)17-11-9-16(10-12-17)21(28)30-22(29-8)19-15-18(13-14-20(19)27)26-31-24(4,5)25(6,7)32-26/h9-15H,1-8H3,(H2,28,29,30). The lowest BCUT2D eigenvalue weighted by Gasteiger charge is -2.32.